The van der Waals surface area contributed by atoms with Crippen molar-refractivity contribution in [3.05, 3.63) is 153 Å². The third-order valence-corrected chi connectivity index (χ3v) is 20.6. The lowest BCUT2D eigenvalue weighted by Crippen LogP contribution is -2.48. The molecule has 108 heavy (non-hydrogen) atoms. The maximum absolute atomic E-state index is 13.9. The molecule has 3 fully saturated rings. The number of hydrogen-bond acceptors (Lipinski definition) is 14. The molecular weight excluding hydrogens is 1550 g/mol. The van der Waals surface area contributed by atoms with E-state index < -0.39 is 23.9 Å². The molecule has 6 aliphatic heterocycles. The standard InChI is InChI=1S/C33H38F3N3O6.C26H34IN3O5.C19H20F3N3O2.ClH/c1-32(2,3)45-31(41)37-13-11-21(12-14-37)28-20-38(18-23-9-10-25(42-4)17-29(23)43-5)30(40)27-16-24(19-39(27)28)22-7-6-8-26(15-22)44-33(34,35)36;1-26(2,3)35-25(32)28-10-8-17(9-11-28)22-16-29(24(31)21-12-19(27)15-30(21)22)14-18-6-7-20(33-4)13-23(18)34-5;20-19(21,22)27-15-3-1-2-13(8-15)14-9-16-18(26)24-10-17(25(16)11-14)12-4-6-23-7-5-12;/h6-10,15-17,19,21,28H,11-14,18,20H2,1-5H3;6-7,12-13,15,17,22H,8-11,14,16H2,1-5H3;1-3,8-9,11-12,17,23H,4-7,10H2,(H,24,26);1H. The van der Waals surface area contributed by atoms with Crippen LogP contribution in [0, 0.1) is 21.3 Å². The lowest BCUT2D eigenvalue weighted by molar-refractivity contribution is -0.275. The summed E-state index contributed by atoms with van der Waals surface area (Å²) < 4.78 is 124. The van der Waals surface area contributed by atoms with Crippen molar-refractivity contribution in [3.8, 4) is 56.8 Å². The van der Waals surface area contributed by atoms with E-state index in [1.165, 1.54) is 36.4 Å². The summed E-state index contributed by atoms with van der Waals surface area (Å²) in [5, 5.41) is 6.28. The first-order chi connectivity index (χ1) is 50.7. The Hall–Kier alpha value is -8.97. The first-order valence-electron chi connectivity index (χ1n) is 35.7. The molecule has 9 heterocycles. The monoisotopic (exact) mass is 1640 g/mol. The quantitative estimate of drug-likeness (QED) is 0.0723. The van der Waals surface area contributed by atoms with Gasteiger partial charge in [0.15, 0.2) is 0 Å². The van der Waals surface area contributed by atoms with Crippen LogP contribution in [0.2, 0.25) is 0 Å². The number of ether oxygens (including phenoxy) is 8. The summed E-state index contributed by atoms with van der Waals surface area (Å²) in [5.74, 6) is 2.61. The van der Waals surface area contributed by atoms with E-state index >= 15 is 0 Å². The maximum Gasteiger partial charge on any atom is 0.573 e. The summed E-state index contributed by atoms with van der Waals surface area (Å²) in [4.78, 5) is 72.1. The number of carbonyl (C=O) groups excluding carboxylic acids is 5. The molecule has 30 heteroatoms. The molecule has 5 amide bonds. The van der Waals surface area contributed by atoms with Gasteiger partial charge in [-0.1, -0.05) is 24.3 Å². The zero-order valence-electron chi connectivity index (χ0n) is 62.0. The molecule has 4 aromatic carbocycles. The van der Waals surface area contributed by atoms with Crippen LogP contribution >= 0.6 is 35.0 Å². The number of hydrogen-bond donors (Lipinski definition) is 2. The third kappa shape index (κ3) is 20.3. The second-order valence-electron chi connectivity index (χ2n) is 29.5. The van der Waals surface area contributed by atoms with E-state index in [-0.39, 0.29) is 84.4 Å². The molecule has 0 saturated carbocycles. The SMILES string of the molecule is COc1ccc(CN2CC(C3CCN(C(=O)OC(C)(C)C)CC3)n3cc(-c4cccc(OC(F)(F)F)c4)cc3C2=O)c(OC)c1.COc1ccc(CN2CC(C3CCN(C(=O)OC(C)(C)C)CC3)n3cc(I)cc3C2=O)c(OC)c1.Cl.O=C1NCC(C2CCNCC2)n2cc(-c3cccc(OC(F)(F)F)c3)cc21. The van der Waals surface area contributed by atoms with E-state index in [2.05, 4.69) is 53.5 Å². The van der Waals surface area contributed by atoms with E-state index in [0.29, 0.717) is 139 Å². The number of methoxy groups -OCH3 is 4. The molecule has 0 bridgehead atoms. The molecule has 2 N–H and O–H groups in total. The van der Waals surface area contributed by atoms with Crippen molar-refractivity contribution >= 4 is 64.9 Å². The molecule has 13 rings (SSSR count). The predicted molar refractivity (Wildman–Crippen MR) is 402 cm³/mol. The fourth-order valence-corrected chi connectivity index (χ4v) is 15.5. The van der Waals surface area contributed by atoms with Crippen molar-refractivity contribution in [3.63, 3.8) is 0 Å². The highest BCUT2D eigenvalue weighted by Crippen LogP contribution is 2.42. The van der Waals surface area contributed by atoms with Gasteiger partial charge in [0.05, 0.1) is 46.6 Å². The van der Waals surface area contributed by atoms with Crippen LogP contribution in [-0.2, 0) is 22.6 Å². The zero-order valence-corrected chi connectivity index (χ0v) is 65.0. The van der Waals surface area contributed by atoms with E-state index in [0.717, 1.165) is 53.5 Å². The van der Waals surface area contributed by atoms with Crippen molar-refractivity contribution < 1.29 is 88.2 Å². The second-order valence-corrected chi connectivity index (χ2v) is 30.7. The molecule has 0 spiro atoms. The number of halogens is 8. The van der Waals surface area contributed by atoms with Crippen LogP contribution in [0.3, 0.4) is 0 Å². The molecule has 0 aliphatic carbocycles. The van der Waals surface area contributed by atoms with Crippen LogP contribution in [0.25, 0.3) is 22.3 Å². The van der Waals surface area contributed by atoms with Crippen molar-refractivity contribution in [1.29, 1.82) is 0 Å². The summed E-state index contributed by atoms with van der Waals surface area (Å²) >= 11 is 2.27. The van der Waals surface area contributed by atoms with Gasteiger partial charge >= 0.3 is 24.9 Å². The molecule has 0 radical (unpaired) electrons. The van der Waals surface area contributed by atoms with Gasteiger partial charge in [0.2, 0.25) is 0 Å². The Morgan fingerprint density at radius 1 is 0.481 bits per heavy atom. The number of nitrogens with zero attached hydrogens (tertiary/aromatic N) is 7. The average Bonchev–Trinajstić information content (AvgIpc) is 1.58. The molecule has 22 nitrogen and oxygen atoms in total. The number of amides is 5. The largest absolute Gasteiger partial charge is 0.573 e. The van der Waals surface area contributed by atoms with E-state index in [4.69, 9.17) is 28.4 Å². The van der Waals surface area contributed by atoms with Gasteiger partial charge in [-0.2, -0.15) is 0 Å². The number of rotatable bonds is 15. The van der Waals surface area contributed by atoms with Gasteiger partial charge in [0, 0.05) is 115 Å². The Morgan fingerprint density at radius 3 is 1.31 bits per heavy atom. The minimum Gasteiger partial charge on any atom is -0.497 e. The molecular formula is C78H93ClF6IN9O13. The average molecular weight is 1640 g/mol. The number of piperidine rings is 3. The molecule has 3 unspecified atom stereocenters. The van der Waals surface area contributed by atoms with Crippen LogP contribution in [0.5, 0.6) is 34.5 Å². The predicted octanol–water partition coefficient (Wildman–Crippen LogP) is 15.6. The topological polar surface area (TPSA) is 211 Å². The molecule has 3 aromatic heterocycles. The van der Waals surface area contributed by atoms with Crippen LogP contribution in [-0.4, -0.2) is 174 Å². The van der Waals surface area contributed by atoms with Gasteiger partial charge in [0.25, 0.3) is 17.7 Å². The lowest BCUT2D eigenvalue weighted by atomic mass is 9.87. The fraction of sp³-hybridized carbons (Fsp3) is 0.474. The zero-order chi connectivity index (χ0) is 76.9. The highest BCUT2D eigenvalue weighted by atomic mass is 127. The minimum absolute atomic E-state index is 0. The van der Waals surface area contributed by atoms with Crippen LogP contribution in [0.4, 0.5) is 35.9 Å². The lowest BCUT2D eigenvalue weighted by Gasteiger charge is -2.42. The number of nitrogens with one attached hydrogen (secondary N) is 2. The fourth-order valence-electron chi connectivity index (χ4n) is 14.9. The van der Waals surface area contributed by atoms with E-state index in [1.54, 1.807) is 73.5 Å². The second kappa shape index (κ2) is 34.3. The molecule has 7 aromatic rings. The summed E-state index contributed by atoms with van der Waals surface area (Å²) in [5.41, 5.74) is 4.72. The highest BCUT2D eigenvalue weighted by molar-refractivity contribution is 14.1. The third-order valence-electron chi connectivity index (χ3n) is 20.0. The number of carbonyl (C=O) groups is 5. The van der Waals surface area contributed by atoms with Crippen molar-refractivity contribution in [2.45, 2.75) is 135 Å². The number of aromatic nitrogens is 3. The first kappa shape index (κ1) is 81.5. The Morgan fingerprint density at radius 2 is 0.889 bits per heavy atom. The number of alkyl halides is 6. The number of likely N-dealkylation sites (tertiary alicyclic amines) is 2. The van der Waals surface area contributed by atoms with Crippen molar-refractivity contribution in [1.82, 2.24) is 43.9 Å². The summed E-state index contributed by atoms with van der Waals surface area (Å²) in [6.45, 7) is 17.7. The van der Waals surface area contributed by atoms with Gasteiger partial charge in [-0.3, -0.25) is 14.4 Å². The van der Waals surface area contributed by atoms with Gasteiger partial charge in [-0.05, 0) is 211 Å². The summed E-state index contributed by atoms with van der Waals surface area (Å²) in [7, 11) is 6.38. The molecule has 584 valence electrons. The van der Waals surface area contributed by atoms with Gasteiger partial charge in [-0.25, -0.2) is 9.59 Å². The smallest absolute Gasteiger partial charge is 0.497 e. The van der Waals surface area contributed by atoms with Crippen molar-refractivity contribution in [2.24, 2.45) is 17.8 Å². The van der Waals surface area contributed by atoms with Crippen LogP contribution in [0.15, 0.2) is 122 Å². The molecule has 3 saturated heterocycles. The van der Waals surface area contributed by atoms with Gasteiger partial charge < -0.3 is 81.8 Å². The Bertz CT molecular complexity index is 4320. The summed E-state index contributed by atoms with van der Waals surface area (Å²) in [6.07, 6.45) is 0.794. The normalized spacial score (nSPS) is 18.7. The minimum atomic E-state index is -4.82. The Labute approximate surface area is 644 Å². The molecule has 6 aliphatic rings. The van der Waals surface area contributed by atoms with E-state index in [1.807, 2.05) is 104 Å². The highest BCUT2D eigenvalue weighted by Gasteiger charge is 2.42. The van der Waals surface area contributed by atoms with Crippen molar-refractivity contribution in [2.75, 3.05) is 87.3 Å². The van der Waals surface area contributed by atoms with E-state index in [9.17, 15) is 50.3 Å². The van der Waals surface area contributed by atoms with Crippen LogP contribution < -0.4 is 39.1 Å². The summed E-state index contributed by atoms with van der Waals surface area (Å²) in [6, 6.07) is 28.3. The van der Waals surface area contributed by atoms with Gasteiger partial charge in [0.1, 0.15) is 62.8 Å². The number of fused-ring (bicyclic) bond motifs is 3. The molecule has 3 atom stereocenters. The maximum atomic E-state index is 13.9. The van der Waals surface area contributed by atoms with Gasteiger partial charge in [-0.15, -0.1) is 38.7 Å². The Kier molecular flexibility index (Phi) is 25.9. The number of benzene rings is 4. The first-order valence-corrected chi connectivity index (χ1v) is 36.8. The van der Waals surface area contributed by atoms with Crippen LogP contribution in [0.1, 0.15) is 141 Å². The Balaban J connectivity index is 0.000000177.